The Morgan fingerprint density at radius 2 is 1.54 bits per heavy atom. The van der Waals surface area contributed by atoms with Gasteiger partial charge in [0.05, 0.1) is 16.8 Å². The van der Waals surface area contributed by atoms with Gasteiger partial charge in [-0.25, -0.2) is 9.59 Å². The Kier molecular flexibility index (Phi) is 7.38. The van der Waals surface area contributed by atoms with Crippen molar-refractivity contribution in [3.8, 4) is 0 Å². The van der Waals surface area contributed by atoms with Gasteiger partial charge >= 0.3 is 11.9 Å². The van der Waals surface area contributed by atoms with Crippen LogP contribution in [0.1, 0.15) is 58.0 Å². The summed E-state index contributed by atoms with van der Waals surface area (Å²) in [6, 6.07) is 13.3. The normalized spacial score (nSPS) is 13.3. The van der Waals surface area contributed by atoms with E-state index < -0.39 is 11.9 Å². The van der Waals surface area contributed by atoms with Gasteiger partial charge in [0.25, 0.3) is 0 Å². The van der Waals surface area contributed by atoms with Gasteiger partial charge < -0.3 is 15.1 Å². The van der Waals surface area contributed by atoms with E-state index in [4.69, 9.17) is 5.11 Å². The number of carboxylic acid groups (broad SMARTS) is 2. The topological polar surface area (TPSA) is 77.8 Å². The number of carboxylic acids is 2. The average Bonchev–Trinajstić information content (AvgIpc) is 2.69. The molecule has 0 unspecified atom stereocenters. The first kappa shape index (κ1) is 21.2. The zero-order valence-electron chi connectivity index (χ0n) is 16.4. The van der Waals surface area contributed by atoms with E-state index in [1.165, 1.54) is 11.6 Å². The van der Waals surface area contributed by atoms with Crippen LogP contribution in [0.4, 0.5) is 5.69 Å². The maximum Gasteiger partial charge on any atom is 0.338 e. The third kappa shape index (κ3) is 5.22. The molecule has 0 aliphatic carbocycles. The van der Waals surface area contributed by atoms with Crippen LogP contribution in [0.15, 0.2) is 49.0 Å². The fraction of sp³-hybridized carbons (Fsp3) is 0.304. The summed E-state index contributed by atoms with van der Waals surface area (Å²) < 4.78 is 0. The fourth-order valence-electron chi connectivity index (χ4n) is 3.32. The van der Waals surface area contributed by atoms with E-state index in [0.717, 1.165) is 37.9 Å². The molecule has 28 heavy (non-hydrogen) atoms. The monoisotopic (exact) mass is 381 g/mol. The van der Waals surface area contributed by atoms with Crippen LogP contribution in [-0.4, -0.2) is 35.2 Å². The number of nitrogens with zero attached hydrogens (tertiary/aromatic N) is 1. The minimum absolute atomic E-state index is 0.0539. The Balaban J connectivity index is 0.000000261. The average molecular weight is 381 g/mol. The van der Waals surface area contributed by atoms with E-state index >= 15 is 0 Å². The molecule has 0 radical (unpaired) electrons. The summed E-state index contributed by atoms with van der Waals surface area (Å²) in [4.78, 5) is 24.6. The molecule has 0 bridgehead atoms. The standard InChI is InChI=1S/C14H17NO4.C9H10/c1-9-10(13(16)17)5-6-11(12(9)14(18)19)15-7-3-2-4-8-15;1-8(2)9-6-4-3-5-7-9/h5-6H,2-4,7-8H2,1H3,(H,16,17)(H,18,19);3-7H,1H2,2H3. The van der Waals surface area contributed by atoms with Gasteiger partial charge in [-0.05, 0) is 56.4 Å². The lowest BCUT2D eigenvalue weighted by Crippen LogP contribution is -2.31. The maximum absolute atomic E-state index is 11.4. The van der Waals surface area contributed by atoms with Crippen molar-refractivity contribution in [3.63, 3.8) is 0 Å². The molecule has 5 nitrogen and oxygen atoms in total. The van der Waals surface area contributed by atoms with Crippen LogP contribution in [0, 0.1) is 6.92 Å². The summed E-state index contributed by atoms with van der Waals surface area (Å²) in [5, 5.41) is 18.4. The zero-order chi connectivity index (χ0) is 20.7. The third-order valence-electron chi connectivity index (χ3n) is 4.85. The van der Waals surface area contributed by atoms with E-state index in [1.807, 2.05) is 30.0 Å². The molecule has 2 N–H and O–H groups in total. The van der Waals surface area contributed by atoms with Crippen molar-refractivity contribution in [3.05, 3.63) is 71.3 Å². The molecule has 3 rings (SSSR count). The molecule has 0 aromatic heterocycles. The molecule has 1 saturated heterocycles. The van der Waals surface area contributed by atoms with Gasteiger partial charge in [-0.3, -0.25) is 0 Å². The van der Waals surface area contributed by atoms with Crippen LogP contribution >= 0.6 is 0 Å². The minimum atomic E-state index is -1.09. The SMILES string of the molecule is C=C(C)c1ccccc1.Cc1c(C(=O)O)ccc(N2CCCCC2)c1C(=O)O. The van der Waals surface area contributed by atoms with Crippen LogP contribution in [0.5, 0.6) is 0 Å². The number of rotatable bonds is 4. The van der Waals surface area contributed by atoms with Crippen LogP contribution in [0.2, 0.25) is 0 Å². The summed E-state index contributed by atoms with van der Waals surface area (Å²) in [7, 11) is 0. The van der Waals surface area contributed by atoms with Crippen molar-refractivity contribution >= 4 is 23.2 Å². The molecule has 0 atom stereocenters. The Hall–Kier alpha value is -3.08. The van der Waals surface area contributed by atoms with Crippen molar-refractivity contribution in [1.82, 2.24) is 0 Å². The molecule has 2 aromatic carbocycles. The number of carbonyl (C=O) groups is 2. The first-order valence-corrected chi connectivity index (χ1v) is 9.39. The number of benzene rings is 2. The fourth-order valence-corrected chi connectivity index (χ4v) is 3.32. The van der Waals surface area contributed by atoms with Gasteiger partial charge in [0, 0.05) is 13.1 Å². The van der Waals surface area contributed by atoms with Gasteiger partial charge in [0.2, 0.25) is 0 Å². The highest BCUT2D eigenvalue weighted by molar-refractivity contribution is 6.01. The maximum atomic E-state index is 11.4. The number of piperidine rings is 1. The van der Waals surface area contributed by atoms with Gasteiger partial charge in [-0.1, -0.05) is 42.5 Å². The highest BCUT2D eigenvalue weighted by Crippen LogP contribution is 2.29. The minimum Gasteiger partial charge on any atom is -0.478 e. The van der Waals surface area contributed by atoms with Gasteiger partial charge in [-0.15, -0.1) is 0 Å². The van der Waals surface area contributed by atoms with Gasteiger partial charge in [0.1, 0.15) is 0 Å². The van der Waals surface area contributed by atoms with Crippen LogP contribution in [0.25, 0.3) is 5.57 Å². The lowest BCUT2D eigenvalue weighted by atomic mass is 9.98. The third-order valence-corrected chi connectivity index (χ3v) is 4.85. The smallest absolute Gasteiger partial charge is 0.338 e. The largest absolute Gasteiger partial charge is 0.478 e. The summed E-state index contributed by atoms with van der Waals surface area (Å²) >= 11 is 0. The second-order valence-electron chi connectivity index (χ2n) is 6.94. The molecule has 0 amide bonds. The highest BCUT2D eigenvalue weighted by Gasteiger charge is 2.23. The van der Waals surface area contributed by atoms with E-state index in [1.54, 1.807) is 13.0 Å². The zero-order valence-corrected chi connectivity index (χ0v) is 16.4. The Labute approximate surface area is 165 Å². The van der Waals surface area contributed by atoms with E-state index in [-0.39, 0.29) is 11.1 Å². The summed E-state index contributed by atoms with van der Waals surface area (Å²) in [6.07, 6.45) is 3.24. The predicted molar refractivity (Wildman–Crippen MR) is 112 cm³/mol. The number of hydrogen-bond donors (Lipinski definition) is 2. The molecule has 1 aliphatic heterocycles. The van der Waals surface area contributed by atoms with E-state index in [9.17, 15) is 14.7 Å². The first-order valence-electron chi connectivity index (χ1n) is 9.39. The number of aromatic carboxylic acids is 2. The number of anilines is 1. The summed E-state index contributed by atoms with van der Waals surface area (Å²) in [6.45, 7) is 9.04. The van der Waals surface area contributed by atoms with Crippen molar-refractivity contribution in [1.29, 1.82) is 0 Å². The number of allylic oxidation sites excluding steroid dienone is 1. The highest BCUT2D eigenvalue weighted by atomic mass is 16.4. The van der Waals surface area contributed by atoms with Crippen molar-refractivity contribution in [2.75, 3.05) is 18.0 Å². The molecule has 2 aromatic rings. The molecule has 148 valence electrons. The molecule has 0 spiro atoms. The van der Waals surface area contributed by atoms with Crippen molar-refractivity contribution < 1.29 is 19.8 Å². The molecule has 1 heterocycles. The van der Waals surface area contributed by atoms with Gasteiger partial charge in [-0.2, -0.15) is 0 Å². The van der Waals surface area contributed by atoms with Crippen LogP contribution < -0.4 is 4.90 Å². The first-order chi connectivity index (χ1) is 13.3. The quantitative estimate of drug-likeness (QED) is 0.770. The molecule has 5 heteroatoms. The summed E-state index contributed by atoms with van der Waals surface area (Å²) in [5.41, 5.74) is 3.46. The lowest BCUT2D eigenvalue weighted by molar-refractivity contribution is 0.0696. The Morgan fingerprint density at radius 1 is 0.929 bits per heavy atom. The van der Waals surface area contributed by atoms with Crippen molar-refractivity contribution in [2.45, 2.75) is 33.1 Å². The summed E-state index contributed by atoms with van der Waals surface area (Å²) in [5.74, 6) is -2.16. The van der Waals surface area contributed by atoms with E-state index in [2.05, 4.69) is 18.7 Å². The van der Waals surface area contributed by atoms with Crippen LogP contribution in [-0.2, 0) is 0 Å². The second kappa shape index (κ2) is 9.74. The van der Waals surface area contributed by atoms with Gasteiger partial charge in [0.15, 0.2) is 0 Å². The van der Waals surface area contributed by atoms with Crippen LogP contribution in [0.3, 0.4) is 0 Å². The molecular weight excluding hydrogens is 354 g/mol. The van der Waals surface area contributed by atoms with E-state index in [0.29, 0.717) is 11.3 Å². The number of hydrogen-bond acceptors (Lipinski definition) is 3. The van der Waals surface area contributed by atoms with Crippen molar-refractivity contribution in [2.24, 2.45) is 0 Å². The lowest BCUT2D eigenvalue weighted by Gasteiger charge is -2.30. The molecular formula is C23H27NO4. The molecule has 1 fully saturated rings. The Bertz CT molecular complexity index is 852. The second-order valence-corrected chi connectivity index (χ2v) is 6.94. The predicted octanol–water partition coefficient (Wildman–Crippen LogP) is 5.10. The molecule has 1 aliphatic rings. The molecule has 0 saturated carbocycles. The Morgan fingerprint density at radius 3 is 2.00 bits per heavy atom.